The average molecular weight is 355 g/mol. The van der Waals surface area contributed by atoms with Crippen molar-refractivity contribution in [1.29, 1.82) is 0 Å². The van der Waals surface area contributed by atoms with Gasteiger partial charge in [0.25, 0.3) is 0 Å². The molecule has 1 aliphatic carbocycles. The third-order valence-electron chi connectivity index (χ3n) is 4.73. The Kier molecular flexibility index (Phi) is 4.45. The first kappa shape index (κ1) is 16.2. The van der Waals surface area contributed by atoms with Gasteiger partial charge in [0.2, 0.25) is 11.8 Å². The van der Waals surface area contributed by atoms with Gasteiger partial charge in [-0.15, -0.1) is 0 Å². The molecular weight excluding hydrogens is 336 g/mol. The van der Waals surface area contributed by atoms with Gasteiger partial charge in [0, 0.05) is 11.6 Å². The smallest absolute Gasteiger partial charge is 0.228 e. The number of aromatic nitrogens is 1. The number of fused-ring (bicyclic) bond motifs is 1. The quantitative estimate of drug-likeness (QED) is 0.659. The zero-order chi connectivity index (χ0) is 17.2. The van der Waals surface area contributed by atoms with E-state index < -0.39 is 0 Å². The molecule has 0 spiro atoms. The van der Waals surface area contributed by atoms with E-state index in [-0.39, 0.29) is 11.8 Å². The third kappa shape index (κ3) is 3.40. The molecule has 3 aromatic rings. The summed E-state index contributed by atoms with van der Waals surface area (Å²) in [6.07, 6.45) is 5.43. The summed E-state index contributed by atoms with van der Waals surface area (Å²) in [6, 6.07) is 13.0. The fraction of sp³-hybridized carbons (Fsp3) is 0.300. The van der Waals surface area contributed by atoms with Gasteiger partial charge in [-0.05, 0) is 43.2 Å². The molecule has 4 rings (SSSR count). The minimum absolute atomic E-state index is 0.0885. The van der Waals surface area contributed by atoms with Crippen molar-refractivity contribution in [1.82, 2.24) is 4.98 Å². The molecular formula is C20H19ClN2O2. The van der Waals surface area contributed by atoms with Crippen LogP contribution in [0.4, 0.5) is 5.69 Å². The molecule has 1 fully saturated rings. The van der Waals surface area contributed by atoms with Gasteiger partial charge in [-0.1, -0.05) is 43.0 Å². The Balaban J connectivity index is 1.60. The summed E-state index contributed by atoms with van der Waals surface area (Å²) >= 11 is 6.33. The molecule has 1 saturated carbocycles. The minimum Gasteiger partial charge on any atom is -0.436 e. The first-order chi connectivity index (χ1) is 12.2. The molecule has 0 atom stereocenters. The third-order valence-corrected chi connectivity index (χ3v) is 5.06. The number of amides is 1. The molecule has 2 aromatic carbocycles. The van der Waals surface area contributed by atoms with E-state index in [9.17, 15) is 4.79 Å². The Hall–Kier alpha value is -2.33. The molecule has 0 aliphatic heterocycles. The number of para-hydroxylation sites is 2. The number of hydrogen-bond acceptors (Lipinski definition) is 3. The predicted octanol–water partition coefficient (Wildman–Crippen LogP) is 5.67. The van der Waals surface area contributed by atoms with Gasteiger partial charge in [0.05, 0.1) is 10.6 Å². The molecule has 0 saturated heterocycles. The molecule has 0 radical (unpaired) electrons. The van der Waals surface area contributed by atoms with Crippen LogP contribution in [0.2, 0.25) is 5.02 Å². The van der Waals surface area contributed by atoms with E-state index in [4.69, 9.17) is 16.0 Å². The molecule has 5 heteroatoms. The van der Waals surface area contributed by atoms with Crippen molar-refractivity contribution in [2.45, 2.75) is 32.1 Å². The number of hydrogen-bond donors (Lipinski definition) is 1. The first-order valence-electron chi connectivity index (χ1n) is 8.67. The van der Waals surface area contributed by atoms with Gasteiger partial charge in [0.15, 0.2) is 5.58 Å². The summed E-state index contributed by atoms with van der Waals surface area (Å²) in [5.41, 5.74) is 2.90. The van der Waals surface area contributed by atoms with Gasteiger partial charge in [-0.3, -0.25) is 4.79 Å². The van der Waals surface area contributed by atoms with E-state index in [0.29, 0.717) is 22.1 Å². The highest BCUT2D eigenvalue weighted by molar-refractivity contribution is 6.33. The summed E-state index contributed by atoms with van der Waals surface area (Å²) in [4.78, 5) is 16.9. The number of oxazole rings is 1. The Morgan fingerprint density at radius 1 is 1.12 bits per heavy atom. The van der Waals surface area contributed by atoms with Gasteiger partial charge in [-0.25, -0.2) is 4.98 Å². The maximum atomic E-state index is 12.5. The van der Waals surface area contributed by atoms with E-state index >= 15 is 0 Å². The molecule has 128 valence electrons. The van der Waals surface area contributed by atoms with E-state index in [1.165, 1.54) is 6.42 Å². The number of nitrogens with zero attached hydrogens (tertiary/aromatic N) is 1. The Morgan fingerprint density at radius 2 is 1.92 bits per heavy atom. The van der Waals surface area contributed by atoms with Crippen LogP contribution in [0.25, 0.3) is 22.6 Å². The summed E-state index contributed by atoms with van der Waals surface area (Å²) in [5, 5.41) is 3.56. The number of carbonyl (C=O) groups is 1. The zero-order valence-electron chi connectivity index (χ0n) is 13.8. The Morgan fingerprint density at radius 3 is 2.72 bits per heavy atom. The lowest BCUT2D eigenvalue weighted by Crippen LogP contribution is -2.24. The topological polar surface area (TPSA) is 55.1 Å². The summed E-state index contributed by atoms with van der Waals surface area (Å²) < 4.78 is 5.80. The molecule has 1 aliphatic rings. The van der Waals surface area contributed by atoms with Crippen molar-refractivity contribution in [3.05, 3.63) is 47.5 Å². The van der Waals surface area contributed by atoms with Crippen LogP contribution in [0.5, 0.6) is 0 Å². The van der Waals surface area contributed by atoms with Gasteiger partial charge in [-0.2, -0.15) is 0 Å². The standard InChI is InChI=1S/C20H19ClN2O2/c21-16-11-10-14(22-19(24)13-6-2-1-3-7-13)12-15(16)20-23-17-8-4-5-9-18(17)25-20/h4-5,8-13H,1-3,6-7H2,(H,22,24). The van der Waals surface area contributed by atoms with Crippen LogP contribution in [0.1, 0.15) is 32.1 Å². The minimum atomic E-state index is 0.0885. The summed E-state index contributed by atoms with van der Waals surface area (Å²) in [5.74, 6) is 0.655. The van der Waals surface area contributed by atoms with Crippen LogP contribution in [0.15, 0.2) is 46.9 Å². The molecule has 1 N–H and O–H groups in total. The number of anilines is 1. The molecule has 0 unspecified atom stereocenters. The van der Waals surface area contributed by atoms with Crippen molar-refractivity contribution >= 4 is 34.3 Å². The average Bonchev–Trinajstić information content (AvgIpc) is 3.08. The fourth-order valence-corrected chi connectivity index (χ4v) is 3.56. The molecule has 0 bridgehead atoms. The van der Waals surface area contributed by atoms with Crippen LogP contribution >= 0.6 is 11.6 Å². The lowest BCUT2D eigenvalue weighted by molar-refractivity contribution is -0.120. The van der Waals surface area contributed by atoms with E-state index in [1.807, 2.05) is 36.4 Å². The van der Waals surface area contributed by atoms with Crippen LogP contribution < -0.4 is 5.32 Å². The number of benzene rings is 2. The Labute approximate surface area is 151 Å². The van der Waals surface area contributed by atoms with Crippen molar-refractivity contribution in [2.24, 2.45) is 5.92 Å². The van der Waals surface area contributed by atoms with Crippen LogP contribution in [-0.2, 0) is 4.79 Å². The van der Waals surface area contributed by atoms with Crippen molar-refractivity contribution in [2.75, 3.05) is 5.32 Å². The Bertz CT molecular complexity index is 880. The van der Waals surface area contributed by atoms with Crippen LogP contribution in [0.3, 0.4) is 0 Å². The zero-order valence-corrected chi connectivity index (χ0v) is 14.6. The summed E-state index contributed by atoms with van der Waals surface area (Å²) in [6.45, 7) is 0. The highest BCUT2D eigenvalue weighted by Gasteiger charge is 2.21. The fourth-order valence-electron chi connectivity index (χ4n) is 3.36. The monoisotopic (exact) mass is 354 g/mol. The van der Waals surface area contributed by atoms with Gasteiger partial charge < -0.3 is 9.73 Å². The van der Waals surface area contributed by atoms with E-state index in [2.05, 4.69) is 10.3 Å². The first-order valence-corrected chi connectivity index (χ1v) is 9.05. The van der Waals surface area contributed by atoms with Crippen molar-refractivity contribution < 1.29 is 9.21 Å². The van der Waals surface area contributed by atoms with Crippen molar-refractivity contribution in [3.8, 4) is 11.5 Å². The molecule has 4 nitrogen and oxygen atoms in total. The summed E-state index contributed by atoms with van der Waals surface area (Å²) in [7, 11) is 0. The van der Waals surface area contributed by atoms with Gasteiger partial charge >= 0.3 is 0 Å². The van der Waals surface area contributed by atoms with Crippen molar-refractivity contribution in [3.63, 3.8) is 0 Å². The largest absolute Gasteiger partial charge is 0.436 e. The number of halogens is 1. The maximum Gasteiger partial charge on any atom is 0.228 e. The molecule has 1 aromatic heterocycles. The lowest BCUT2D eigenvalue weighted by Gasteiger charge is -2.20. The lowest BCUT2D eigenvalue weighted by atomic mass is 9.88. The molecule has 1 amide bonds. The van der Waals surface area contributed by atoms with Crippen LogP contribution in [-0.4, -0.2) is 10.9 Å². The highest BCUT2D eigenvalue weighted by atomic mass is 35.5. The normalized spacial score (nSPS) is 15.4. The number of nitrogens with one attached hydrogen (secondary N) is 1. The molecule has 1 heterocycles. The van der Waals surface area contributed by atoms with E-state index in [0.717, 1.165) is 36.9 Å². The SMILES string of the molecule is O=C(Nc1ccc(Cl)c(-c2nc3ccccc3o2)c1)C1CCCCC1. The second kappa shape index (κ2) is 6.89. The van der Waals surface area contributed by atoms with Gasteiger partial charge in [0.1, 0.15) is 5.52 Å². The number of rotatable bonds is 3. The maximum absolute atomic E-state index is 12.5. The number of carbonyl (C=O) groups excluding carboxylic acids is 1. The predicted molar refractivity (Wildman–Crippen MR) is 99.7 cm³/mol. The highest BCUT2D eigenvalue weighted by Crippen LogP contribution is 2.33. The van der Waals surface area contributed by atoms with Crippen LogP contribution in [0, 0.1) is 5.92 Å². The second-order valence-corrected chi connectivity index (χ2v) is 6.91. The second-order valence-electron chi connectivity index (χ2n) is 6.51. The molecule has 25 heavy (non-hydrogen) atoms. The van der Waals surface area contributed by atoms with E-state index in [1.54, 1.807) is 6.07 Å².